The van der Waals surface area contributed by atoms with Crippen LogP contribution in [0.4, 0.5) is 11.5 Å². The number of hydrogen-bond acceptors (Lipinski definition) is 6. The van der Waals surface area contributed by atoms with Crippen LogP contribution in [0.15, 0.2) is 79.3 Å². The minimum Gasteiger partial charge on any atom is -0.497 e. The molecule has 1 fully saturated rings. The van der Waals surface area contributed by atoms with Crippen LogP contribution in [-0.4, -0.2) is 54.2 Å². The van der Waals surface area contributed by atoms with Crippen LogP contribution >= 0.6 is 0 Å². The predicted octanol–water partition coefficient (Wildman–Crippen LogP) is 4.71. The molecule has 0 saturated carbocycles. The Kier molecular flexibility index (Phi) is 6.86. The van der Waals surface area contributed by atoms with Crippen LogP contribution in [0.25, 0.3) is 10.8 Å². The molecule has 0 aliphatic carbocycles. The second-order valence-corrected chi connectivity index (χ2v) is 8.71. The van der Waals surface area contributed by atoms with E-state index >= 15 is 0 Å². The Labute approximate surface area is 204 Å². The lowest BCUT2D eigenvalue weighted by atomic mass is 9.97. The Hall–Kier alpha value is -3.97. The summed E-state index contributed by atoms with van der Waals surface area (Å²) >= 11 is 0. The molecule has 5 rings (SSSR count). The van der Waals surface area contributed by atoms with Crippen molar-refractivity contribution in [1.29, 1.82) is 0 Å². The topological polar surface area (TPSA) is 76.6 Å². The van der Waals surface area contributed by atoms with Crippen molar-refractivity contribution in [1.82, 2.24) is 14.9 Å². The Morgan fingerprint density at radius 1 is 1.11 bits per heavy atom. The van der Waals surface area contributed by atoms with Crippen molar-refractivity contribution < 1.29 is 14.3 Å². The minimum atomic E-state index is -0.0470. The first-order chi connectivity index (χ1) is 17.2. The number of aromatic nitrogens is 2. The third kappa shape index (κ3) is 5.41. The van der Waals surface area contributed by atoms with E-state index in [-0.39, 0.29) is 11.8 Å². The fourth-order valence-electron chi connectivity index (χ4n) is 4.44. The molecule has 1 saturated heterocycles. The Bertz CT molecular complexity index is 1310. The molecule has 3 heterocycles. The number of anilines is 2. The summed E-state index contributed by atoms with van der Waals surface area (Å²) in [7, 11) is 1.63. The Morgan fingerprint density at radius 2 is 2.00 bits per heavy atom. The quantitative estimate of drug-likeness (QED) is 0.442. The first-order valence-corrected chi connectivity index (χ1v) is 11.8. The summed E-state index contributed by atoms with van der Waals surface area (Å²) < 4.78 is 11.1. The van der Waals surface area contributed by atoms with Crippen molar-refractivity contribution >= 4 is 28.2 Å². The predicted molar refractivity (Wildman–Crippen MR) is 136 cm³/mol. The van der Waals surface area contributed by atoms with Gasteiger partial charge in [-0.15, -0.1) is 0 Å². The third-order valence-corrected chi connectivity index (χ3v) is 6.25. The smallest absolute Gasteiger partial charge is 0.257 e. The lowest BCUT2D eigenvalue weighted by molar-refractivity contribution is 0.0738. The van der Waals surface area contributed by atoms with Crippen molar-refractivity contribution in [3.63, 3.8) is 0 Å². The molecular weight excluding hydrogens is 440 g/mol. The van der Waals surface area contributed by atoms with Crippen molar-refractivity contribution in [2.75, 3.05) is 38.7 Å². The van der Waals surface area contributed by atoms with Gasteiger partial charge in [0.2, 0.25) is 0 Å². The zero-order chi connectivity index (χ0) is 24.0. The lowest BCUT2D eigenvalue weighted by Crippen LogP contribution is -2.36. The van der Waals surface area contributed by atoms with E-state index in [1.165, 1.54) is 10.9 Å². The standard InChI is InChI=1S/C28H28N4O3/c1-34-25-8-6-24(7-9-25)31-27-26(3-2-11-30-27)28(33)32-13-14-35-19-21(18-32)15-20-4-5-23-17-29-12-10-22(23)16-20/h2-12,16-17,21H,13-15,18-19H2,1H3,(H,30,31)/t21-/m1/s1. The Balaban J connectivity index is 1.32. The van der Waals surface area contributed by atoms with Crippen LogP contribution in [0.1, 0.15) is 15.9 Å². The summed E-state index contributed by atoms with van der Waals surface area (Å²) in [5.74, 6) is 1.46. The molecule has 178 valence electrons. The van der Waals surface area contributed by atoms with Gasteiger partial charge in [-0.3, -0.25) is 9.78 Å². The van der Waals surface area contributed by atoms with Gasteiger partial charge in [0.25, 0.3) is 5.91 Å². The number of amides is 1. The SMILES string of the molecule is COc1ccc(Nc2ncccc2C(=O)N2CCOC[C@H](Cc3ccc4cnccc4c3)C2)cc1. The lowest BCUT2D eigenvalue weighted by Gasteiger charge is -2.24. The van der Waals surface area contributed by atoms with Crippen LogP contribution < -0.4 is 10.1 Å². The van der Waals surface area contributed by atoms with Crippen LogP contribution in [0.2, 0.25) is 0 Å². The molecule has 7 nitrogen and oxygen atoms in total. The van der Waals surface area contributed by atoms with Crippen molar-refractivity contribution in [2.24, 2.45) is 5.92 Å². The molecule has 0 bridgehead atoms. The van der Waals surface area contributed by atoms with E-state index in [9.17, 15) is 4.79 Å². The van der Waals surface area contributed by atoms with Gasteiger partial charge in [-0.05, 0) is 59.8 Å². The minimum absolute atomic E-state index is 0.0470. The van der Waals surface area contributed by atoms with Crippen LogP contribution in [-0.2, 0) is 11.2 Å². The monoisotopic (exact) mass is 468 g/mol. The molecule has 1 N–H and O–H groups in total. The highest BCUT2D eigenvalue weighted by Gasteiger charge is 2.25. The summed E-state index contributed by atoms with van der Waals surface area (Å²) in [6.07, 6.45) is 6.21. The molecule has 35 heavy (non-hydrogen) atoms. The number of ether oxygens (including phenoxy) is 2. The molecule has 0 radical (unpaired) electrons. The molecule has 4 aromatic rings. The summed E-state index contributed by atoms with van der Waals surface area (Å²) in [6.45, 7) is 2.33. The largest absolute Gasteiger partial charge is 0.497 e. The van der Waals surface area contributed by atoms with Crippen molar-refractivity contribution in [3.8, 4) is 5.75 Å². The van der Waals surface area contributed by atoms with Crippen LogP contribution in [0.3, 0.4) is 0 Å². The van der Waals surface area contributed by atoms with E-state index in [4.69, 9.17) is 9.47 Å². The molecular formula is C28H28N4O3. The molecule has 1 atom stereocenters. The van der Waals surface area contributed by atoms with E-state index in [0.717, 1.165) is 23.2 Å². The molecule has 2 aromatic carbocycles. The van der Waals surface area contributed by atoms with Gasteiger partial charge in [-0.2, -0.15) is 0 Å². The average Bonchev–Trinajstić information content (AvgIpc) is 3.14. The first-order valence-electron chi connectivity index (χ1n) is 11.8. The van der Waals surface area contributed by atoms with Gasteiger partial charge in [0, 0.05) is 48.7 Å². The summed E-state index contributed by atoms with van der Waals surface area (Å²) in [5, 5.41) is 5.57. The van der Waals surface area contributed by atoms with E-state index in [2.05, 4.69) is 33.5 Å². The maximum absolute atomic E-state index is 13.6. The molecule has 1 amide bonds. The number of nitrogens with one attached hydrogen (secondary N) is 1. The molecule has 1 aliphatic heterocycles. The summed E-state index contributed by atoms with van der Waals surface area (Å²) in [4.78, 5) is 24.1. The number of hydrogen-bond donors (Lipinski definition) is 1. The van der Waals surface area contributed by atoms with E-state index in [0.29, 0.717) is 37.7 Å². The number of benzene rings is 2. The number of rotatable bonds is 6. The normalized spacial score (nSPS) is 16.0. The van der Waals surface area contributed by atoms with Gasteiger partial charge in [0.15, 0.2) is 0 Å². The van der Waals surface area contributed by atoms with Gasteiger partial charge in [0.05, 0.1) is 25.9 Å². The van der Waals surface area contributed by atoms with Gasteiger partial charge < -0.3 is 19.7 Å². The summed E-state index contributed by atoms with van der Waals surface area (Å²) in [5.41, 5.74) is 2.61. The molecule has 1 aliphatic rings. The van der Waals surface area contributed by atoms with Crippen LogP contribution in [0, 0.1) is 5.92 Å². The van der Waals surface area contributed by atoms with E-state index in [1.54, 1.807) is 19.4 Å². The fourth-order valence-corrected chi connectivity index (χ4v) is 4.44. The third-order valence-electron chi connectivity index (χ3n) is 6.25. The number of pyridine rings is 2. The Morgan fingerprint density at radius 3 is 2.86 bits per heavy atom. The molecule has 0 spiro atoms. The maximum atomic E-state index is 13.6. The maximum Gasteiger partial charge on any atom is 0.257 e. The first kappa shape index (κ1) is 22.8. The molecule has 2 aromatic heterocycles. The van der Waals surface area contributed by atoms with Gasteiger partial charge >= 0.3 is 0 Å². The number of nitrogens with zero attached hydrogens (tertiary/aromatic N) is 3. The van der Waals surface area contributed by atoms with Crippen molar-refractivity contribution in [2.45, 2.75) is 6.42 Å². The molecule has 7 heteroatoms. The average molecular weight is 469 g/mol. The van der Waals surface area contributed by atoms with E-state index in [1.807, 2.05) is 53.7 Å². The van der Waals surface area contributed by atoms with Gasteiger partial charge in [-0.25, -0.2) is 4.98 Å². The highest BCUT2D eigenvalue weighted by atomic mass is 16.5. The highest BCUT2D eigenvalue weighted by molar-refractivity contribution is 5.99. The summed E-state index contributed by atoms with van der Waals surface area (Å²) in [6, 6.07) is 19.6. The number of carbonyl (C=O) groups excluding carboxylic acids is 1. The fraction of sp³-hybridized carbons (Fsp3) is 0.250. The number of methoxy groups -OCH3 is 1. The second-order valence-electron chi connectivity index (χ2n) is 8.71. The van der Waals surface area contributed by atoms with Crippen molar-refractivity contribution in [3.05, 3.63) is 90.4 Å². The highest BCUT2D eigenvalue weighted by Crippen LogP contribution is 2.24. The molecule has 0 unspecified atom stereocenters. The van der Waals surface area contributed by atoms with E-state index < -0.39 is 0 Å². The van der Waals surface area contributed by atoms with Gasteiger partial charge in [-0.1, -0.05) is 18.2 Å². The van der Waals surface area contributed by atoms with Crippen LogP contribution in [0.5, 0.6) is 5.75 Å². The zero-order valence-corrected chi connectivity index (χ0v) is 19.7. The number of carbonyl (C=O) groups is 1. The second kappa shape index (κ2) is 10.5. The zero-order valence-electron chi connectivity index (χ0n) is 19.7. The number of fused-ring (bicyclic) bond motifs is 1. The van der Waals surface area contributed by atoms with Gasteiger partial charge in [0.1, 0.15) is 11.6 Å².